The van der Waals surface area contributed by atoms with Gasteiger partial charge in [-0.05, 0) is 58.9 Å². The second kappa shape index (κ2) is 15.5. The Morgan fingerprint density at radius 2 is 1.63 bits per heavy atom. The molecule has 0 aliphatic carbocycles. The van der Waals surface area contributed by atoms with Crippen LogP contribution in [-0.4, -0.2) is 59.0 Å². The van der Waals surface area contributed by atoms with Crippen LogP contribution in [0.15, 0.2) is 109 Å². The number of aromatic amines is 1. The summed E-state index contributed by atoms with van der Waals surface area (Å²) in [5.74, 6) is 0.0921. The lowest BCUT2D eigenvalue weighted by Crippen LogP contribution is -2.56. The molecule has 0 radical (unpaired) electrons. The van der Waals surface area contributed by atoms with E-state index in [1.54, 1.807) is 6.33 Å². The molecule has 1 fully saturated rings. The van der Waals surface area contributed by atoms with Crippen LogP contribution in [-0.2, 0) is 27.4 Å². The summed E-state index contributed by atoms with van der Waals surface area (Å²) < 4.78 is 8.06. The Balaban J connectivity index is 1.23. The van der Waals surface area contributed by atoms with E-state index in [0.717, 1.165) is 71.0 Å². The van der Waals surface area contributed by atoms with Gasteiger partial charge in [-0.3, -0.25) is 4.79 Å². The minimum absolute atomic E-state index is 0.0672. The Bertz CT molecular complexity index is 2060. The summed E-state index contributed by atoms with van der Waals surface area (Å²) in [6.45, 7) is 2.83. The number of unbranched alkanes of at least 4 members (excludes halogenated alkanes) is 3. The molecule has 1 unspecified atom stereocenters. The highest BCUT2D eigenvalue weighted by Gasteiger charge is 2.52. The topological polar surface area (TPSA) is 119 Å². The lowest BCUT2D eigenvalue weighted by molar-refractivity contribution is -0.164. The lowest BCUT2D eigenvalue weighted by Gasteiger charge is -2.38. The van der Waals surface area contributed by atoms with E-state index in [1.165, 1.54) is 0 Å². The van der Waals surface area contributed by atoms with Gasteiger partial charge in [0.25, 0.3) is 0 Å². The highest BCUT2D eigenvalue weighted by Crippen LogP contribution is 2.39. The highest BCUT2D eigenvalue weighted by molar-refractivity contribution is 5.92. The molecule has 7 rings (SSSR count). The minimum atomic E-state index is -1.11. The molecule has 1 aliphatic heterocycles. The highest BCUT2D eigenvalue weighted by atomic mass is 16.5. The zero-order valence-corrected chi connectivity index (χ0v) is 28.9. The molecule has 1 amide bonds. The molecule has 1 saturated heterocycles. The number of hydrogen-bond acceptors (Lipinski definition) is 7. The summed E-state index contributed by atoms with van der Waals surface area (Å²) in [5, 5.41) is 14.7. The third-order valence-electron chi connectivity index (χ3n) is 10.0. The normalized spacial score (nSPS) is 16.4. The van der Waals surface area contributed by atoms with Crippen molar-refractivity contribution in [2.45, 2.75) is 76.5 Å². The predicted molar refractivity (Wildman–Crippen MR) is 196 cm³/mol. The van der Waals surface area contributed by atoms with E-state index in [-0.39, 0.29) is 18.5 Å². The van der Waals surface area contributed by atoms with Crippen molar-refractivity contribution < 1.29 is 14.3 Å². The zero-order chi connectivity index (χ0) is 35.0. The van der Waals surface area contributed by atoms with Crippen LogP contribution in [0.5, 0.6) is 0 Å². The summed E-state index contributed by atoms with van der Waals surface area (Å²) in [5.41, 5.74) is 5.21. The largest absolute Gasteiger partial charge is 0.459 e. The number of H-pyrrole nitrogens is 1. The molecule has 6 aromatic rings. The number of benzene rings is 4. The first kappa shape index (κ1) is 33.8. The zero-order valence-electron chi connectivity index (χ0n) is 28.9. The monoisotopic (exact) mass is 681 g/mol. The third kappa shape index (κ3) is 7.17. The number of amides is 1. The fourth-order valence-electron chi connectivity index (χ4n) is 7.44. The quantitative estimate of drug-likeness (QED) is 0.0923. The summed E-state index contributed by atoms with van der Waals surface area (Å²) in [7, 11) is 0. The molecule has 3 heterocycles. The SMILES string of the molecule is CCCCCCC(C(=O)N1CCC[C@@]1(Cc1ccccc1)C(=O)OCc1ccccc1)n1cnc2cc(-c3ccccc3-c3nn[nH]n3)ccc21. The Labute approximate surface area is 297 Å². The summed E-state index contributed by atoms with van der Waals surface area (Å²) in [6, 6.07) is 33.2. The van der Waals surface area contributed by atoms with Crippen LogP contribution >= 0.6 is 0 Å². The Kier molecular flexibility index (Phi) is 10.3. The average molecular weight is 682 g/mol. The maximum atomic E-state index is 15.0. The van der Waals surface area contributed by atoms with Gasteiger partial charge in [0, 0.05) is 18.5 Å². The number of imidazole rings is 1. The van der Waals surface area contributed by atoms with Crippen molar-refractivity contribution in [2.75, 3.05) is 6.54 Å². The molecule has 0 bridgehead atoms. The first-order valence-electron chi connectivity index (χ1n) is 17.9. The smallest absolute Gasteiger partial charge is 0.332 e. The van der Waals surface area contributed by atoms with Gasteiger partial charge in [-0.2, -0.15) is 5.21 Å². The number of nitrogens with zero attached hydrogens (tertiary/aromatic N) is 6. The van der Waals surface area contributed by atoms with Crippen molar-refractivity contribution in [2.24, 2.45) is 0 Å². The molecule has 2 atom stereocenters. The number of ether oxygens (including phenoxy) is 1. The summed E-state index contributed by atoms with van der Waals surface area (Å²) >= 11 is 0. The Morgan fingerprint density at radius 1 is 0.882 bits per heavy atom. The molecule has 10 nitrogen and oxygen atoms in total. The Hall–Kier alpha value is -5.64. The standard InChI is InChI=1S/C41H43N7O3/c1-2-3-4-11-21-37(47-29-42-35-26-32(22-23-36(35)47)33-19-12-13-20-34(33)38-43-45-46-44-38)39(49)48-25-14-24-41(48,27-30-15-7-5-8-16-30)40(50)51-28-31-17-9-6-10-18-31/h5-10,12-13,15-20,22-23,26,29,37H,2-4,11,14,21,24-25,27-28H2,1H3,(H,43,44,45,46)/t37?,41-/m1/s1. The fourth-order valence-corrected chi connectivity index (χ4v) is 7.44. The first-order valence-corrected chi connectivity index (χ1v) is 17.9. The van der Waals surface area contributed by atoms with Crippen LogP contribution in [0.25, 0.3) is 33.5 Å². The molecular weight excluding hydrogens is 638 g/mol. The van der Waals surface area contributed by atoms with Crippen molar-refractivity contribution in [3.8, 4) is 22.5 Å². The molecule has 1 aliphatic rings. The molecule has 51 heavy (non-hydrogen) atoms. The van der Waals surface area contributed by atoms with Crippen LogP contribution in [0.3, 0.4) is 0 Å². The van der Waals surface area contributed by atoms with E-state index in [2.05, 4.69) is 33.6 Å². The van der Waals surface area contributed by atoms with Crippen molar-refractivity contribution >= 4 is 22.9 Å². The second-order valence-electron chi connectivity index (χ2n) is 13.4. The number of tetrazole rings is 1. The van der Waals surface area contributed by atoms with Crippen LogP contribution < -0.4 is 0 Å². The number of carbonyl (C=O) groups is 2. The summed E-state index contributed by atoms with van der Waals surface area (Å²) in [4.78, 5) is 36.0. The molecule has 10 heteroatoms. The average Bonchev–Trinajstić information content (AvgIpc) is 3.96. The van der Waals surface area contributed by atoms with E-state index in [9.17, 15) is 4.79 Å². The maximum absolute atomic E-state index is 15.0. The van der Waals surface area contributed by atoms with Crippen molar-refractivity contribution in [3.05, 3.63) is 121 Å². The number of rotatable bonds is 14. The van der Waals surface area contributed by atoms with E-state index in [1.807, 2.05) is 107 Å². The van der Waals surface area contributed by atoms with Crippen molar-refractivity contribution in [1.82, 2.24) is 35.1 Å². The minimum Gasteiger partial charge on any atom is -0.459 e. The van der Waals surface area contributed by atoms with Gasteiger partial charge in [0.05, 0.1) is 17.4 Å². The van der Waals surface area contributed by atoms with Gasteiger partial charge in [-0.1, -0.05) is 124 Å². The number of nitrogens with one attached hydrogen (secondary N) is 1. The van der Waals surface area contributed by atoms with Crippen molar-refractivity contribution in [3.63, 3.8) is 0 Å². The molecule has 0 saturated carbocycles. The molecule has 4 aromatic carbocycles. The van der Waals surface area contributed by atoms with Gasteiger partial charge in [0.1, 0.15) is 18.2 Å². The van der Waals surface area contributed by atoms with Gasteiger partial charge in [-0.15, -0.1) is 10.2 Å². The number of hydrogen-bond donors (Lipinski definition) is 1. The van der Waals surface area contributed by atoms with E-state index in [0.29, 0.717) is 31.6 Å². The number of likely N-dealkylation sites (tertiary alicyclic amines) is 1. The summed E-state index contributed by atoms with van der Waals surface area (Å²) in [6.07, 6.45) is 8.18. The van der Waals surface area contributed by atoms with Gasteiger partial charge < -0.3 is 14.2 Å². The number of fused-ring (bicyclic) bond motifs is 1. The van der Waals surface area contributed by atoms with Gasteiger partial charge in [-0.25, -0.2) is 9.78 Å². The van der Waals surface area contributed by atoms with Gasteiger partial charge in [0.2, 0.25) is 11.7 Å². The van der Waals surface area contributed by atoms with Crippen LogP contribution in [0, 0.1) is 0 Å². The van der Waals surface area contributed by atoms with Crippen molar-refractivity contribution in [1.29, 1.82) is 0 Å². The van der Waals surface area contributed by atoms with Crippen LogP contribution in [0.4, 0.5) is 0 Å². The molecule has 0 spiro atoms. The van der Waals surface area contributed by atoms with E-state index in [4.69, 9.17) is 9.72 Å². The molecule has 260 valence electrons. The number of esters is 1. The Morgan fingerprint density at radius 3 is 2.37 bits per heavy atom. The lowest BCUT2D eigenvalue weighted by atomic mass is 9.87. The maximum Gasteiger partial charge on any atom is 0.332 e. The molecular formula is C41H43N7O3. The predicted octanol–water partition coefficient (Wildman–Crippen LogP) is 7.74. The molecule has 1 N–H and O–H groups in total. The second-order valence-corrected chi connectivity index (χ2v) is 13.4. The molecule has 2 aromatic heterocycles. The van der Waals surface area contributed by atoms with Crippen LogP contribution in [0.2, 0.25) is 0 Å². The van der Waals surface area contributed by atoms with Gasteiger partial charge >= 0.3 is 5.97 Å². The number of carbonyl (C=O) groups excluding carboxylic acids is 2. The van der Waals surface area contributed by atoms with E-state index < -0.39 is 11.6 Å². The van der Waals surface area contributed by atoms with Gasteiger partial charge in [0.15, 0.2) is 0 Å². The fraction of sp³-hybridized carbons (Fsp3) is 0.317. The number of aromatic nitrogens is 6. The van der Waals surface area contributed by atoms with E-state index >= 15 is 4.79 Å². The first-order chi connectivity index (χ1) is 25.1. The van der Waals surface area contributed by atoms with Crippen LogP contribution in [0.1, 0.15) is 69.0 Å². The third-order valence-corrected chi connectivity index (χ3v) is 10.0.